The van der Waals surface area contributed by atoms with Crippen molar-refractivity contribution in [2.75, 3.05) is 6.54 Å². The van der Waals surface area contributed by atoms with Crippen LogP contribution in [0.3, 0.4) is 0 Å². The molecule has 1 aromatic rings. The van der Waals surface area contributed by atoms with Gasteiger partial charge in [0, 0.05) is 6.54 Å². The van der Waals surface area contributed by atoms with Crippen molar-refractivity contribution in [3.05, 3.63) is 48.0 Å². The van der Waals surface area contributed by atoms with Gasteiger partial charge >= 0.3 is 12.0 Å². The molecular weight excluding hydrogens is 414 g/mol. The molecule has 0 spiro atoms. The molecule has 4 fully saturated rings. The monoisotopic (exact) mass is 437 g/mol. The molecule has 6 atom stereocenters. The Labute approximate surface area is 184 Å². The zero-order valence-corrected chi connectivity index (χ0v) is 17.3. The number of carbonyl (C=O) groups is 4. The third-order valence-electron chi connectivity index (χ3n) is 7.42. The van der Waals surface area contributed by atoms with Gasteiger partial charge in [0.1, 0.15) is 12.6 Å². The topological polar surface area (TPSA) is 96.5 Å². The van der Waals surface area contributed by atoms with Gasteiger partial charge in [0.2, 0.25) is 0 Å². The van der Waals surface area contributed by atoms with E-state index in [-0.39, 0.29) is 24.5 Å². The number of fused-ring (bicyclic) bond motifs is 7. The number of piperidine rings is 1. The Morgan fingerprint density at radius 3 is 2.34 bits per heavy atom. The van der Waals surface area contributed by atoms with E-state index >= 15 is 0 Å². The van der Waals surface area contributed by atoms with Crippen molar-refractivity contribution in [3.8, 4) is 0 Å². The summed E-state index contributed by atoms with van der Waals surface area (Å²) in [5.74, 6) is -2.43. The van der Waals surface area contributed by atoms with Crippen LogP contribution < -0.4 is 0 Å². The molecule has 6 rings (SSSR count). The van der Waals surface area contributed by atoms with Gasteiger partial charge in [-0.3, -0.25) is 14.4 Å². The number of urea groups is 1. The van der Waals surface area contributed by atoms with E-state index in [1.54, 1.807) is 0 Å². The van der Waals surface area contributed by atoms with Gasteiger partial charge in [-0.05, 0) is 36.7 Å². The molecule has 9 heteroatoms. The highest BCUT2D eigenvalue weighted by atomic mass is 16.7. The van der Waals surface area contributed by atoms with Crippen LogP contribution in [0.25, 0.3) is 0 Å². The number of benzene rings is 1. The second-order valence-corrected chi connectivity index (χ2v) is 9.15. The van der Waals surface area contributed by atoms with Gasteiger partial charge in [0.05, 0.1) is 17.9 Å². The van der Waals surface area contributed by atoms with Crippen LogP contribution in [0.5, 0.6) is 0 Å². The molecule has 166 valence electrons. The van der Waals surface area contributed by atoms with E-state index < -0.39 is 41.7 Å². The molecule has 4 amide bonds. The SMILES string of the molecule is O=C(ON1C(=O)C2C3C=CC(C3)C2C1=O)[C@@H]1CC[C@@H]2CN1C(=O)N2OCc1ccccc1. The maximum Gasteiger partial charge on any atom is 0.355 e. The summed E-state index contributed by atoms with van der Waals surface area (Å²) in [7, 11) is 0. The van der Waals surface area contributed by atoms with E-state index in [2.05, 4.69) is 0 Å². The summed E-state index contributed by atoms with van der Waals surface area (Å²) >= 11 is 0. The van der Waals surface area contributed by atoms with Crippen LogP contribution >= 0.6 is 0 Å². The average Bonchev–Trinajstić information content (AvgIpc) is 3.54. The van der Waals surface area contributed by atoms with Crippen molar-refractivity contribution in [1.82, 2.24) is 15.0 Å². The highest BCUT2D eigenvalue weighted by molar-refractivity contribution is 6.06. The fourth-order valence-corrected chi connectivity index (χ4v) is 5.88. The highest BCUT2D eigenvalue weighted by Gasteiger charge is 2.61. The van der Waals surface area contributed by atoms with Crippen molar-refractivity contribution >= 4 is 23.8 Å². The Bertz CT molecular complexity index is 996. The number of rotatable bonds is 5. The van der Waals surface area contributed by atoms with Crippen LogP contribution in [0.1, 0.15) is 24.8 Å². The molecule has 2 aliphatic carbocycles. The van der Waals surface area contributed by atoms with Gasteiger partial charge in [-0.15, -0.1) is 5.06 Å². The zero-order valence-electron chi connectivity index (χ0n) is 17.3. The van der Waals surface area contributed by atoms with Gasteiger partial charge in [-0.25, -0.2) is 9.59 Å². The maximum absolute atomic E-state index is 12.9. The van der Waals surface area contributed by atoms with Crippen LogP contribution in [0.2, 0.25) is 0 Å². The molecular formula is C23H23N3O6. The molecule has 5 aliphatic rings. The van der Waals surface area contributed by atoms with Crippen molar-refractivity contribution in [1.29, 1.82) is 0 Å². The summed E-state index contributed by atoms with van der Waals surface area (Å²) in [5, 5.41) is 1.99. The first-order valence-electron chi connectivity index (χ1n) is 11.1. The summed E-state index contributed by atoms with van der Waals surface area (Å²) in [6.07, 6.45) is 5.72. The first-order valence-corrected chi connectivity index (χ1v) is 11.1. The molecule has 9 nitrogen and oxygen atoms in total. The molecule has 0 aromatic heterocycles. The van der Waals surface area contributed by atoms with E-state index in [9.17, 15) is 19.2 Å². The molecule has 3 aliphatic heterocycles. The van der Waals surface area contributed by atoms with Gasteiger partial charge in [0.25, 0.3) is 11.8 Å². The summed E-state index contributed by atoms with van der Waals surface area (Å²) in [6, 6.07) is 8.13. The lowest BCUT2D eigenvalue weighted by Gasteiger charge is -2.29. The van der Waals surface area contributed by atoms with Gasteiger partial charge in [-0.1, -0.05) is 42.5 Å². The predicted molar refractivity (Wildman–Crippen MR) is 108 cm³/mol. The molecule has 0 radical (unpaired) electrons. The van der Waals surface area contributed by atoms with Crippen LogP contribution in [-0.4, -0.2) is 57.5 Å². The minimum atomic E-state index is -0.847. The molecule has 3 saturated heterocycles. The maximum atomic E-state index is 12.9. The molecule has 4 unspecified atom stereocenters. The zero-order chi connectivity index (χ0) is 22.0. The number of hydroxylamine groups is 4. The Morgan fingerprint density at radius 2 is 1.66 bits per heavy atom. The summed E-state index contributed by atoms with van der Waals surface area (Å²) in [5.41, 5.74) is 0.938. The fourth-order valence-electron chi connectivity index (χ4n) is 5.88. The van der Waals surface area contributed by atoms with Crippen LogP contribution in [-0.2, 0) is 30.7 Å². The molecule has 32 heavy (non-hydrogen) atoms. The van der Waals surface area contributed by atoms with Crippen molar-refractivity contribution in [2.45, 2.75) is 38.0 Å². The fraction of sp³-hybridized carbons (Fsp3) is 0.478. The lowest BCUT2D eigenvalue weighted by Crippen LogP contribution is -2.48. The van der Waals surface area contributed by atoms with Crippen LogP contribution in [0, 0.1) is 23.7 Å². The standard InChI is InChI=1S/C23H23N3O6/c27-20-18-14-6-7-15(10-14)19(18)21(28)26(20)32-22(29)17-9-8-16-11-24(17)23(30)25(16)31-12-13-4-2-1-3-5-13/h1-7,14-19H,8-12H2/t14?,15?,16-,17+,18?,19?/m1/s1. The third-order valence-corrected chi connectivity index (χ3v) is 7.42. The van der Waals surface area contributed by atoms with E-state index in [0.717, 1.165) is 12.0 Å². The van der Waals surface area contributed by atoms with E-state index in [4.69, 9.17) is 9.68 Å². The highest BCUT2D eigenvalue weighted by Crippen LogP contribution is 2.52. The summed E-state index contributed by atoms with van der Waals surface area (Å²) < 4.78 is 0. The lowest BCUT2D eigenvalue weighted by atomic mass is 9.85. The minimum absolute atomic E-state index is 0.0380. The number of imide groups is 1. The summed E-state index contributed by atoms with van der Waals surface area (Å²) in [6.45, 7) is 0.594. The smallest absolute Gasteiger partial charge is 0.328 e. The molecule has 1 aromatic carbocycles. The van der Waals surface area contributed by atoms with E-state index in [1.165, 1.54) is 9.96 Å². The van der Waals surface area contributed by atoms with Crippen LogP contribution in [0.4, 0.5) is 4.79 Å². The minimum Gasteiger partial charge on any atom is -0.328 e. The number of hydrogen-bond donors (Lipinski definition) is 0. The number of hydrogen-bond acceptors (Lipinski definition) is 6. The number of carbonyl (C=O) groups excluding carboxylic acids is 4. The van der Waals surface area contributed by atoms with Gasteiger partial charge in [0.15, 0.2) is 0 Å². The Hall–Kier alpha value is -3.20. The third kappa shape index (κ3) is 2.80. The molecule has 3 heterocycles. The van der Waals surface area contributed by atoms with E-state index in [0.29, 0.717) is 24.4 Å². The second-order valence-electron chi connectivity index (χ2n) is 9.15. The van der Waals surface area contributed by atoms with Gasteiger partial charge in [-0.2, -0.15) is 5.06 Å². The molecule has 0 N–H and O–H groups in total. The largest absolute Gasteiger partial charge is 0.355 e. The second kappa shape index (κ2) is 7.16. The number of allylic oxidation sites excluding steroid dienone is 2. The Balaban J connectivity index is 1.11. The molecule has 4 bridgehead atoms. The molecule has 1 saturated carbocycles. The van der Waals surface area contributed by atoms with Crippen molar-refractivity contribution in [2.24, 2.45) is 23.7 Å². The first kappa shape index (κ1) is 19.5. The summed E-state index contributed by atoms with van der Waals surface area (Å²) in [4.78, 5) is 63.9. The number of amides is 4. The van der Waals surface area contributed by atoms with Crippen LogP contribution in [0.15, 0.2) is 42.5 Å². The van der Waals surface area contributed by atoms with Crippen molar-refractivity contribution < 1.29 is 28.9 Å². The quantitative estimate of drug-likeness (QED) is 0.513. The number of nitrogens with zero attached hydrogens (tertiary/aromatic N) is 3. The Kier molecular flexibility index (Phi) is 4.36. The van der Waals surface area contributed by atoms with E-state index in [1.807, 2.05) is 42.5 Å². The average molecular weight is 437 g/mol. The Morgan fingerprint density at radius 1 is 0.969 bits per heavy atom. The normalized spacial score (nSPS) is 34.6. The van der Waals surface area contributed by atoms with Crippen molar-refractivity contribution in [3.63, 3.8) is 0 Å². The lowest BCUT2D eigenvalue weighted by molar-refractivity contribution is -0.202. The van der Waals surface area contributed by atoms with Gasteiger partial charge < -0.3 is 9.74 Å². The predicted octanol–water partition coefficient (Wildman–Crippen LogP) is 1.65. The first-order chi connectivity index (χ1) is 15.5.